The maximum Gasteiger partial charge on any atom is 0.309 e. The molecule has 1 aliphatic heterocycles. The van der Waals surface area contributed by atoms with E-state index < -0.39 is 0 Å². The van der Waals surface area contributed by atoms with Crippen molar-refractivity contribution in [2.45, 2.75) is 32.7 Å². The van der Waals surface area contributed by atoms with Gasteiger partial charge in [-0.05, 0) is 13.8 Å². The lowest BCUT2D eigenvalue weighted by Gasteiger charge is -2.10. The van der Waals surface area contributed by atoms with Crippen molar-refractivity contribution in [3.8, 4) is 0 Å². The average Bonchev–Trinajstić information content (AvgIpc) is 2.31. The number of hydrazine groups is 1. The first kappa shape index (κ1) is 10.4. The molecule has 5 heteroatoms. The zero-order valence-electron chi connectivity index (χ0n) is 8.24. The molecule has 1 fully saturated rings. The number of carbonyl (C=O) groups excluding carboxylic acids is 1. The second-order valence-corrected chi connectivity index (χ2v) is 2.97. The monoisotopic (exact) mass is 188 g/mol. The zero-order chi connectivity index (χ0) is 9.84. The first-order valence-electron chi connectivity index (χ1n) is 4.43. The lowest BCUT2D eigenvalue weighted by Crippen LogP contribution is -2.35. The minimum Gasteiger partial charge on any atom is -0.466 e. The molecule has 0 aromatic heterocycles. The Hall–Kier alpha value is -0.650. The second kappa shape index (κ2) is 4.55. The predicted octanol–water partition coefficient (Wildman–Crippen LogP) is 0.0783. The van der Waals surface area contributed by atoms with E-state index in [2.05, 4.69) is 5.43 Å². The summed E-state index contributed by atoms with van der Waals surface area (Å²) in [5, 5.41) is 1.82. The van der Waals surface area contributed by atoms with E-state index in [0.29, 0.717) is 6.61 Å². The Balaban J connectivity index is 2.27. The third kappa shape index (κ3) is 2.95. The molecule has 1 saturated heterocycles. The van der Waals surface area contributed by atoms with E-state index in [1.165, 1.54) is 0 Å². The number of carbonyl (C=O) groups is 1. The fraction of sp³-hybridized carbons (Fsp3) is 0.875. The smallest absolute Gasteiger partial charge is 0.309 e. The van der Waals surface area contributed by atoms with Gasteiger partial charge >= 0.3 is 5.97 Å². The quantitative estimate of drug-likeness (QED) is 0.635. The highest BCUT2D eigenvalue weighted by molar-refractivity contribution is 5.69. The number of ether oxygens (including phenoxy) is 2. The van der Waals surface area contributed by atoms with Crippen molar-refractivity contribution >= 4 is 5.97 Å². The molecule has 0 amide bonds. The molecule has 0 radical (unpaired) electrons. The Bertz CT molecular complexity index is 176. The van der Waals surface area contributed by atoms with Gasteiger partial charge in [-0.3, -0.25) is 4.79 Å². The molecule has 13 heavy (non-hydrogen) atoms. The molecule has 0 aliphatic carbocycles. The van der Waals surface area contributed by atoms with E-state index >= 15 is 0 Å². The van der Waals surface area contributed by atoms with Crippen molar-refractivity contribution < 1.29 is 14.3 Å². The lowest BCUT2D eigenvalue weighted by molar-refractivity contribution is -0.146. The van der Waals surface area contributed by atoms with Crippen LogP contribution in [-0.4, -0.2) is 37.1 Å². The van der Waals surface area contributed by atoms with E-state index in [0.717, 1.165) is 0 Å². The van der Waals surface area contributed by atoms with Crippen LogP contribution in [0.15, 0.2) is 0 Å². The van der Waals surface area contributed by atoms with Gasteiger partial charge in [-0.15, -0.1) is 0 Å². The van der Waals surface area contributed by atoms with E-state index in [4.69, 9.17) is 9.47 Å². The molecule has 0 saturated carbocycles. The summed E-state index contributed by atoms with van der Waals surface area (Å²) in [6, 6.07) is 0. The summed E-state index contributed by atoms with van der Waals surface area (Å²) in [4.78, 5) is 11.1. The molecule has 2 atom stereocenters. The summed E-state index contributed by atoms with van der Waals surface area (Å²) in [5.74, 6) is -0.234. The molecule has 0 bridgehead atoms. The maximum absolute atomic E-state index is 11.1. The van der Waals surface area contributed by atoms with Crippen LogP contribution in [0, 0.1) is 0 Å². The van der Waals surface area contributed by atoms with Crippen molar-refractivity contribution in [1.29, 1.82) is 0 Å². The Kier molecular flexibility index (Phi) is 3.65. The summed E-state index contributed by atoms with van der Waals surface area (Å²) in [5.41, 5.74) is 3.00. The fourth-order valence-corrected chi connectivity index (χ4v) is 1.16. The number of nitrogens with zero attached hydrogens (tertiary/aromatic N) is 1. The van der Waals surface area contributed by atoms with Gasteiger partial charge in [0.15, 0.2) is 0 Å². The van der Waals surface area contributed by atoms with E-state index in [1.807, 2.05) is 19.0 Å². The molecule has 1 N–H and O–H groups in total. The van der Waals surface area contributed by atoms with Crippen LogP contribution in [0.4, 0.5) is 0 Å². The molecule has 0 aromatic rings. The zero-order valence-corrected chi connectivity index (χ0v) is 8.24. The molecule has 1 aliphatic rings. The predicted molar refractivity (Wildman–Crippen MR) is 46.5 cm³/mol. The van der Waals surface area contributed by atoms with Crippen molar-refractivity contribution in [1.82, 2.24) is 10.4 Å². The number of rotatable bonds is 3. The minimum atomic E-state index is -0.251. The molecule has 0 aromatic carbocycles. The molecule has 2 unspecified atom stereocenters. The summed E-state index contributed by atoms with van der Waals surface area (Å²) in [7, 11) is 1.87. The van der Waals surface area contributed by atoms with Crippen LogP contribution in [0.1, 0.15) is 20.3 Å². The van der Waals surface area contributed by atoms with Gasteiger partial charge in [-0.2, -0.15) is 0 Å². The van der Waals surface area contributed by atoms with Crippen LogP contribution in [0.25, 0.3) is 0 Å². The van der Waals surface area contributed by atoms with Crippen LogP contribution < -0.4 is 5.43 Å². The number of esters is 1. The third-order valence-electron chi connectivity index (χ3n) is 1.91. The summed E-state index contributed by atoms with van der Waals surface area (Å²) >= 11 is 0. The van der Waals surface area contributed by atoms with Crippen molar-refractivity contribution in [2.24, 2.45) is 0 Å². The van der Waals surface area contributed by atoms with Crippen LogP contribution in [0.5, 0.6) is 0 Å². The van der Waals surface area contributed by atoms with Crippen molar-refractivity contribution in [3.63, 3.8) is 0 Å². The van der Waals surface area contributed by atoms with Gasteiger partial charge in [0.05, 0.1) is 13.0 Å². The highest BCUT2D eigenvalue weighted by atomic mass is 16.6. The maximum atomic E-state index is 11.1. The van der Waals surface area contributed by atoms with Crippen LogP contribution in [0.2, 0.25) is 0 Å². The van der Waals surface area contributed by atoms with Gasteiger partial charge in [0.1, 0.15) is 12.5 Å². The minimum absolute atomic E-state index is 0.000531. The van der Waals surface area contributed by atoms with Crippen LogP contribution >= 0.6 is 0 Å². The highest BCUT2D eigenvalue weighted by Crippen LogP contribution is 2.11. The Labute approximate surface area is 78.0 Å². The summed E-state index contributed by atoms with van der Waals surface area (Å²) in [6.45, 7) is 4.12. The first-order chi connectivity index (χ1) is 6.13. The molecule has 1 heterocycles. The number of hydrogen-bond donors (Lipinski definition) is 1. The van der Waals surface area contributed by atoms with Gasteiger partial charge in [0.25, 0.3) is 0 Å². The van der Waals surface area contributed by atoms with Crippen LogP contribution in [-0.2, 0) is 14.3 Å². The molecular formula is C8H16N2O3. The SMILES string of the molecule is CCOC(=O)CC1NN(C)C(C)O1. The standard InChI is InChI=1S/C8H16N2O3/c1-4-12-8(11)5-7-9-10(3)6(2)13-7/h6-7,9H,4-5H2,1-3H3. The summed E-state index contributed by atoms with van der Waals surface area (Å²) in [6.07, 6.45) is 0.00109. The lowest BCUT2D eigenvalue weighted by atomic mass is 10.4. The average molecular weight is 188 g/mol. The van der Waals surface area contributed by atoms with Gasteiger partial charge in [-0.25, -0.2) is 10.4 Å². The van der Waals surface area contributed by atoms with Crippen LogP contribution in [0.3, 0.4) is 0 Å². The molecular weight excluding hydrogens is 172 g/mol. The molecule has 76 valence electrons. The number of nitrogens with one attached hydrogen (secondary N) is 1. The largest absolute Gasteiger partial charge is 0.466 e. The number of hydrogen-bond acceptors (Lipinski definition) is 5. The van der Waals surface area contributed by atoms with E-state index in [9.17, 15) is 4.79 Å². The highest BCUT2D eigenvalue weighted by Gasteiger charge is 2.28. The normalized spacial score (nSPS) is 29.2. The van der Waals surface area contributed by atoms with Crippen molar-refractivity contribution in [3.05, 3.63) is 0 Å². The third-order valence-corrected chi connectivity index (χ3v) is 1.91. The Morgan fingerprint density at radius 3 is 2.85 bits per heavy atom. The van der Waals surface area contributed by atoms with E-state index in [1.54, 1.807) is 6.92 Å². The molecule has 0 spiro atoms. The summed E-state index contributed by atoms with van der Waals surface area (Å²) < 4.78 is 10.2. The van der Waals surface area contributed by atoms with Gasteiger partial charge in [0, 0.05) is 7.05 Å². The first-order valence-corrected chi connectivity index (χ1v) is 4.43. The van der Waals surface area contributed by atoms with Gasteiger partial charge < -0.3 is 9.47 Å². The second-order valence-electron chi connectivity index (χ2n) is 2.97. The molecule has 5 nitrogen and oxygen atoms in total. The molecule has 1 rings (SSSR count). The van der Waals surface area contributed by atoms with Gasteiger partial charge in [0.2, 0.25) is 0 Å². The van der Waals surface area contributed by atoms with E-state index in [-0.39, 0.29) is 24.8 Å². The van der Waals surface area contributed by atoms with Gasteiger partial charge in [-0.1, -0.05) is 0 Å². The Morgan fingerprint density at radius 1 is 1.69 bits per heavy atom. The Morgan fingerprint density at radius 2 is 2.38 bits per heavy atom. The topological polar surface area (TPSA) is 50.8 Å². The van der Waals surface area contributed by atoms with Crippen molar-refractivity contribution in [2.75, 3.05) is 13.7 Å². The fourth-order valence-electron chi connectivity index (χ4n) is 1.16.